The maximum Gasteiger partial charge on any atom is 0.351 e. The van der Waals surface area contributed by atoms with Crippen LogP contribution in [-0.2, 0) is 19.1 Å². The second-order valence-corrected chi connectivity index (χ2v) is 2.50. The first-order chi connectivity index (χ1) is 6.84. The molecule has 0 aromatic rings. The van der Waals surface area contributed by atoms with Crippen LogP contribution in [0.4, 0.5) is 0 Å². The lowest BCUT2D eigenvalue weighted by Gasteiger charge is -1.90. The molecule has 0 aliphatic heterocycles. The van der Waals surface area contributed by atoms with E-state index in [1.807, 2.05) is 0 Å². The number of Topliss-reactive ketones (excluding diaryl/α,β-unsaturated/α-hetero) is 1. The second kappa shape index (κ2) is 8.74. The van der Waals surface area contributed by atoms with E-state index in [0.717, 1.165) is 0 Å². The van der Waals surface area contributed by atoms with Crippen LogP contribution in [0.25, 0.3) is 0 Å². The number of carboxylic acid groups (broad SMARTS) is 1. The Morgan fingerprint density at radius 2 is 1.87 bits per heavy atom. The number of carboxylic acids is 1. The summed E-state index contributed by atoms with van der Waals surface area (Å²) in [4.78, 5) is 30.0. The minimum Gasteiger partial charge on any atom is -0.477 e. The zero-order valence-corrected chi connectivity index (χ0v) is 8.94. The number of esters is 1. The molecule has 0 fully saturated rings. The van der Waals surface area contributed by atoms with E-state index in [9.17, 15) is 14.4 Å². The summed E-state index contributed by atoms with van der Waals surface area (Å²) >= 11 is 0. The first-order valence-electron chi connectivity index (χ1n) is 4.06. The topological polar surface area (TPSA) is 107 Å². The molecule has 15 heavy (non-hydrogen) atoms. The van der Waals surface area contributed by atoms with Gasteiger partial charge in [-0.05, 0) is 13.8 Å². The van der Waals surface area contributed by atoms with Gasteiger partial charge < -0.3 is 15.6 Å². The first-order valence-corrected chi connectivity index (χ1v) is 4.06. The highest BCUT2D eigenvalue weighted by Crippen LogP contribution is 1.83. The summed E-state index contributed by atoms with van der Waals surface area (Å²) in [5.41, 5.74) is 4.77. The van der Waals surface area contributed by atoms with Crippen LogP contribution in [0, 0.1) is 0 Å². The van der Waals surface area contributed by atoms with E-state index in [-0.39, 0.29) is 17.9 Å². The fourth-order valence-electron chi connectivity index (χ4n) is 0.399. The smallest absolute Gasteiger partial charge is 0.351 e. The highest BCUT2D eigenvalue weighted by molar-refractivity contribution is 5.93. The summed E-state index contributed by atoms with van der Waals surface area (Å²) in [5, 5.41) is 7.99. The van der Waals surface area contributed by atoms with E-state index in [1.54, 1.807) is 6.92 Å². The lowest BCUT2D eigenvalue weighted by atomic mass is 10.3. The van der Waals surface area contributed by atoms with Gasteiger partial charge in [0.2, 0.25) is 0 Å². The summed E-state index contributed by atoms with van der Waals surface area (Å²) in [6, 6.07) is 0. The van der Waals surface area contributed by atoms with Crippen molar-refractivity contribution in [3.8, 4) is 0 Å². The van der Waals surface area contributed by atoms with E-state index in [0.29, 0.717) is 0 Å². The number of carbonyl (C=O) groups excluding carboxylic acids is 2. The molecule has 0 aromatic heterocycles. The third-order valence-electron chi connectivity index (χ3n) is 1.18. The predicted octanol–water partition coefficient (Wildman–Crippen LogP) is 0.0720. The molecule has 6 heteroatoms. The molecule has 0 aliphatic rings. The molecular weight excluding hydrogens is 202 g/mol. The number of nitrogens with two attached hydrogens (primary N) is 1. The van der Waals surface area contributed by atoms with Crippen molar-refractivity contribution < 1.29 is 24.2 Å². The van der Waals surface area contributed by atoms with Gasteiger partial charge in [0.05, 0.1) is 7.11 Å². The van der Waals surface area contributed by atoms with Gasteiger partial charge in [-0.1, -0.05) is 6.08 Å². The molecule has 0 unspecified atom stereocenters. The van der Waals surface area contributed by atoms with E-state index in [2.05, 4.69) is 4.74 Å². The quantitative estimate of drug-likeness (QED) is 0.393. The zero-order valence-electron chi connectivity index (χ0n) is 8.94. The summed E-state index contributed by atoms with van der Waals surface area (Å²) in [5.74, 6) is -1.71. The Bertz CT molecular complexity index is 270. The van der Waals surface area contributed by atoms with Crippen LogP contribution in [0.15, 0.2) is 11.8 Å². The molecule has 0 amide bonds. The number of allylic oxidation sites excluding steroid dienone is 1. The minimum atomic E-state index is -1.07. The fraction of sp³-hybridized carbons (Fsp3) is 0.444. The Hall–Kier alpha value is -1.85. The monoisotopic (exact) mass is 217 g/mol. The molecule has 0 atom stereocenters. The Morgan fingerprint density at radius 3 is 1.93 bits per heavy atom. The molecule has 0 bridgehead atoms. The Morgan fingerprint density at radius 1 is 1.40 bits per heavy atom. The normalized spacial score (nSPS) is 9.67. The van der Waals surface area contributed by atoms with Crippen LogP contribution >= 0.6 is 0 Å². The number of rotatable bonds is 3. The van der Waals surface area contributed by atoms with Crippen molar-refractivity contribution in [3.05, 3.63) is 11.8 Å². The zero-order chi connectivity index (χ0) is 12.4. The SMILES string of the molecule is C/C=C(\N)C(=O)O.COC(=O)CC(C)=O. The number of methoxy groups -OCH3 is 1. The molecule has 0 aliphatic carbocycles. The van der Waals surface area contributed by atoms with Gasteiger partial charge in [-0.3, -0.25) is 9.59 Å². The average Bonchev–Trinajstić information content (AvgIpc) is 2.16. The minimum absolute atomic E-state index is 0.111. The van der Waals surface area contributed by atoms with Crippen molar-refractivity contribution in [3.63, 3.8) is 0 Å². The Balaban J connectivity index is 0. The number of hydrogen-bond donors (Lipinski definition) is 2. The third kappa shape index (κ3) is 12.1. The Kier molecular flexibility index (Phi) is 9.09. The van der Waals surface area contributed by atoms with Crippen LogP contribution < -0.4 is 5.73 Å². The molecule has 0 spiro atoms. The van der Waals surface area contributed by atoms with Gasteiger partial charge in [0.1, 0.15) is 17.9 Å². The summed E-state index contributed by atoms with van der Waals surface area (Å²) < 4.78 is 4.20. The van der Waals surface area contributed by atoms with Crippen LogP contribution in [-0.4, -0.2) is 29.9 Å². The lowest BCUT2D eigenvalue weighted by Crippen LogP contribution is -2.08. The van der Waals surface area contributed by atoms with Gasteiger partial charge in [-0.25, -0.2) is 4.79 Å². The molecule has 6 nitrogen and oxygen atoms in total. The molecule has 0 aromatic carbocycles. The van der Waals surface area contributed by atoms with Gasteiger partial charge in [-0.15, -0.1) is 0 Å². The van der Waals surface area contributed by atoms with E-state index in [4.69, 9.17) is 10.8 Å². The van der Waals surface area contributed by atoms with Gasteiger partial charge in [0.25, 0.3) is 0 Å². The van der Waals surface area contributed by atoms with Crippen molar-refractivity contribution in [2.45, 2.75) is 20.3 Å². The van der Waals surface area contributed by atoms with Crippen LogP contribution in [0.3, 0.4) is 0 Å². The summed E-state index contributed by atoms with van der Waals surface area (Å²) in [7, 11) is 1.26. The van der Waals surface area contributed by atoms with Crippen molar-refractivity contribution in [2.75, 3.05) is 7.11 Å². The average molecular weight is 217 g/mol. The molecule has 0 saturated heterocycles. The molecule has 0 rings (SSSR count). The number of aliphatic carboxylic acids is 1. The standard InChI is InChI=1S/C5H8O3.C4H7NO2/c1-4(6)3-5(7)8-2;1-2-3(5)4(6)7/h3H2,1-2H3;2H,5H2,1H3,(H,6,7)/b;3-2-. The van der Waals surface area contributed by atoms with Crippen molar-refractivity contribution in [1.82, 2.24) is 0 Å². The van der Waals surface area contributed by atoms with Gasteiger partial charge in [0.15, 0.2) is 0 Å². The highest BCUT2D eigenvalue weighted by atomic mass is 16.5. The van der Waals surface area contributed by atoms with Crippen molar-refractivity contribution in [1.29, 1.82) is 0 Å². The van der Waals surface area contributed by atoms with Gasteiger partial charge in [0, 0.05) is 0 Å². The van der Waals surface area contributed by atoms with E-state index < -0.39 is 11.9 Å². The lowest BCUT2D eigenvalue weighted by molar-refractivity contribution is -0.143. The van der Waals surface area contributed by atoms with Gasteiger partial charge in [-0.2, -0.15) is 0 Å². The fourth-order valence-corrected chi connectivity index (χ4v) is 0.399. The summed E-state index contributed by atoms with van der Waals surface area (Å²) in [6.07, 6.45) is 1.22. The molecule has 0 radical (unpaired) electrons. The van der Waals surface area contributed by atoms with Crippen LogP contribution in [0.5, 0.6) is 0 Å². The molecule has 86 valence electrons. The van der Waals surface area contributed by atoms with E-state index >= 15 is 0 Å². The second-order valence-electron chi connectivity index (χ2n) is 2.50. The maximum atomic E-state index is 10.2. The first kappa shape index (κ1) is 15.6. The largest absolute Gasteiger partial charge is 0.477 e. The number of ketones is 1. The molecular formula is C9H15NO5. The van der Waals surface area contributed by atoms with Crippen molar-refractivity contribution >= 4 is 17.7 Å². The maximum absolute atomic E-state index is 10.2. The predicted molar refractivity (Wildman–Crippen MR) is 52.9 cm³/mol. The number of hydrogen-bond acceptors (Lipinski definition) is 5. The molecule has 0 saturated carbocycles. The van der Waals surface area contributed by atoms with Crippen LogP contribution in [0.1, 0.15) is 20.3 Å². The molecule has 3 N–H and O–H groups in total. The van der Waals surface area contributed by atoms with E-state index in [1.165, 1.54) is 20.1 Å². The van der Waals surface area contributed by atoms with Gasteiger partial charge >= 0.3 is 11.9 Å². The van der Waals surface area contributed by atoms with Crippen LogP contribution in [0.2, 0.25) is 0 Å². The Labute approximate surface area is 87.7 Å². The number of carbonyl (C=O) groups is 3. The van der Waals surface area contributed by atoms with Crippen molar-refractivity contribution in [2.24, 2.45) is 5.73 Å². The highest BCUT2D eigenvalue weighted by Gasteiger charge is 2.01. The summed E-state index contributed by atoms with van der Waals surface area (Å²) in [6.45, 7) is 2.92. The third-order valence-corrected chi connectivity index (χ3v) is 1.18. The number of ether oxygens (including phenoxy) is 1. The molecule has 0 heterocycles.